The Balaban J connectivity index is 3.14. The van der Waals surface area contributed by atoms with E-state index in [9.17, 15) is 9.59 Å². The van der Waals surface area contributed by atoms with Crippen molar-refractivity contribution in [3.05, 3.63) is 26.6 Å². The van der Waals surface area contributed by atoms with Crippen molar-refractivity contribution in [3.8, 4) is 0 Å². The number of carboxylic acids is 1. The fourth-order valence-electron chi connectivity index (χ4n) is 1.38. The molecular weight excluding hydrogens is 380 g/mol. The molecule has 1 amide bonds. The molecule has 0 heterocycles. The zero-order chi connectivity index (χ0) is 14.7. The van der Waals surface area contributed by atoms with Gasteiger partial charge in [0.2, 0.25) is 5.91 Å². The standard InChI is InChI=1S/C12H14Br2N2O3/c1-5(2)9(15)11(17)16-10-7(12(18)19)3-6(13)4-8(10)14/h3-5,9H,15H2,1-2H3,(H,16,17)(H,18,19)/t9-/m0/s1. The third kappa shape index (κ3) is 4.02. The van der Waals surface area contributed by atoms with Crippen LogP contribution in [0.3, 0.4) is 0 Å². The Morgan fingerprint density at radius 1 is 1.32 bits per heavy atom. The van der Waals surface area contributed by atoms with Crippen molar-refractivity contribution in [2.24, 2.45) is 11.7 Å². The van der Waals surface area contributed by atoms with Gasteiger partial charge in [0.25, 0.3) is 0 Å². The number of carbonyl (C=O) groups excluding carboxylic acids is 1. The van der Waals surface area contributed by atoms with E-state index in [1.54, 1.807) is 6.07 Å². The van der Waals surface area contributed by atoms with E-state index in [2.05, 4.69) is 37.2 Å². The predicted molar refractivity (Wildman–Crippen MR) is 80.2 cm³/mol. The van der Waals surface area contributed by atoms with Crippen molar-refractivity contribution in [1.82, 2.24) is 0 Å². The van der Waals surface area contributed by atoms with Crippen LogP contribution in [0, 0.1) is 5.92 Å². The van der Waals surface area contributed by atoms with Crippen LogP contribution in [0.5, 0.6) is 0 Å². The highest BCUT2D eigenvalue weighted by Crippen LogP contribution is 2.31. The van der Waals surface area contributed by atoms with Crippen molar-refractivity contribution < 1.29 is 14.7 Å². The van der Waals surface area contributed by atoms with Gasteiger partial charge in [-0.15, -0.1) is 0 Å². The minimum absolute atomic E-state index is 0.00874. The van der Waals surface area contributed by atoms with Crippen LogP contribution in [0.1, 0.15) is 24.2 Å². The Labute approximate surface area is 127 Å². The van der Waals surface area contributed by atoms with Crippen LogP contribution in [-0.2, 0) is 4.79 Å². The van der Waals surface area contributed by atoms with Gasteiger partial charge in [-0.1, -0.05) is 29.8 Å². The normalized spacial score (nSPS) is 12.3. The van der Waals surface area contributed by atoms with E-state index in [0.717, 1.165) is 0 Å². The number of amides is 1. The lowest BCUT2D eigenvalue weighted by atomic mass is 10.0. The summed E-state index contributed by atoms with van der Waals surface area (Å²) in [5.74, 6) is -1.58. The van der Waals surface area contributed by atoms with Crippen molar-refractivity contribution in [1.29, 1.82) is 0 Å². The van der Waals surface area contributed by atoms with E-state index < -0.39 is 17.9 Å². The summed E-state index contributed by atoms with van der Waals surface area (Å²) in [7, 11) is 0. The van der Waals surface area contributed by atoms with Gasteiger partial charge < -0.3 is 16.2 Å². The van der Waals surface area contributed by atoms with Crippen LogP contribution >= 0.6 is 31.9 Å². The zero-order valence-corrected chi connectivity index (χ0v) is 13.6. The highest BCUT2D eigenvalue weighted by Gasteiger charge is 2.21. The molecule has 0 bridgehead atoms. The summed E-state index contributed by atoms with van der Waals surface area (Å²) in [5, 5.41) is 11.7. The highest BCUT2D eigenvalue weighted by molar-refractivity contribution is 9.11. The summed E-state index contributed by atoms with van der Waals surface area (Å²) in [6, 6.07) is 2.38. The summed E-state index contributed by atoms with van der Waals surface area (Å²) in [6.45, 7) is 3.64. The second kappa shape index (κ2) is 6.49. The number of nitrogens with two attached hydrogens (primary N) is 1. The molecule has 0 saturated carbocycles. The molecule has 0 aliphatic heterocycles. The largest absolute Gasteiger partial charge is 0.478 e. The van der Waals surface area contributed by atoms with Crippen LogP contribution in [0.15, 0.2) is 21.1 Å². The van der Waals surface area contributed by atoms with E-state index in [-0.39, 0.29) is 17.2 Å². The lowest BCUT2D eigenvalue weighted by Crippen LogP contribution is -2.40. The van der Waals surface area contributed by atoms with Crippen LogP contribution in [-0.4, -0.2) is 23.0 Å². The van der Waals surface area contributed by atoms with E-state index >= 15 is 0 Å². The maximum absolute atomic E-state index is 11.9. The molecule has 0 fully saturated rings. The van der Waals surface area contributed by atoms with E-state index in [1.165, 1.54) is 6.07 Å². The van der Waals surface area contributed by atoms with Gasteiger partial charge in [0.05, 0.1) is 17.3 Å². The second-order valence-corrected chi connectivity index (χ2v) is 6.14. The number of benzene rings is 1. The van der Waals surface area contributed by atoms with Crippen molar-refractivity contribution in [2.75, 3.05) is 5.32 Å². The first-order valence-corrected chi connectivity index (χ1v) is 7.11. The number of nitrogens with one attached hydrogen (secondary N) is 1. The first-order chi connectivity index (χ1) is 8.73. The second-order valence-electron chi connectivity index (χ2n) is 4.37. The maximum Gasteiger partial charge on any atom is 0.337 e. The summed E-state index contributed by atoms with van der Waals surface area (Å²) < 4.78 is 1.08. The van der Waals surface area contributed by atoms with Crippen LogP contribution in [0.25, 0.3) is 0 Å². The van der Waals surface area contributed by atoms with Crippen molar-refractivity contribution in [2.45, 2.75) is 19.9 Å². The molecule has 0 radical (unpaired) electrons. The molecule has 0 aliphatic carbocycles. The quantitative estimate of drug-likeness (QED) is 0.733. The number of hydrogen-bond acceptors (Lipinski definition) is 3. The SMILES string of the molecule is CC(C)[C@H](N)C(=O)Nc1c(Br)cc(Br)cc1C(=O)O. The molecule has 0 aromatic heterocycles. The molecule has 7 heteroatoms. The maximum atomic E-state index is 11.9. The summed E-state index contributed by atoms with van der Waals surface area (Å²) in [5.41, 5.74) is 5.93. The van der Waals surface area contributed by atoms with Crippen molar-refractivity contribution >= 4 is 49.4 Å². The predicted octanol–water partition coefficient (Wildman–Crippen LogP) is 2.83. The third-order valence-electron chi connectivity index (χ3n) is 2.55. The fraction of sp³-hybridized carbons (Fsp3) is 0.333. The summed E-state index contributed by atoms with van der Waals surface area (Å²) >= 11 is 6.44. The van der Waals surface area contributed by atoms with E-state index in [1.807, 2.05) is 13.8 Å². The lowest BCUT2D eigenvalue weighted by Gasteiger charge is -2.17. The molecule has 0 aliphatic rings. The Hall–Kier alpha value is -0.920. The summed E-state index contributed by atoms with van der Waals surface area (Å²) in [4.78, 5) is 23.1. The molecule has 19 heavy (non-hydrogen) atoms. The van der Waals surface area contributed by atoms with Gasteiger partial charge in [0.15, 0.2) is 0 Å². The molecule has 1 atom stereocenters. The van der Waals surface area contributed by atoms with Gasteiger partial charge in [-0.2, -0.15) is 0 Å². The Bertz CT molecular complexity index is 518. The Kier molecular flexibility index (Phi) is 5.51. The van der Waals surface area contributed by atoms with Gasteiger partial charge in [0.1, 0.15) is 0 Å². The van der Waals surface area contributed by atoms with E-state index in [4.69, 9.17) is 10.8 Å². The number of carbonyl (C=O) groups is 2. The summed E-state index contributed by atoms with van der Waals surface area (Å²) in [6.07, 6.45) is 0. The minimum atomic E-state index is -1.13. The lowest BCUT2D eigenvalue weighted by molar-refractivity contribution is -0.118. The van der Waals surface area contributed by atoms with Gasteiger partial charge in [0, 0.05) is 8.95 Å². The molecule has 104 valence electrons. The number of rotatable bonds is 4. The molecule has 1 rings (SSSR count). The minimum Gasteiger partial charge on any atom is -0.478 e. The average Bonchev–Trinajstić information content (AvgIpc) is 2.30. The smallest absolute Gasteiger partial charge is 0.337 e. The van der Waals surface area contributed by atoms with Crippen LogP contribution in [0.2, 0.25) is 0 Å². The van der Waals surface area contributed by atoms with Crippen molar-refractivity contribution in [3.63, 3.8) is 0 Å². The highest BCUT2D eigenvalue weighted by atomic mass is 79.9. The van der Waals surface area contributed by atoms with Crippen LogP contribution in [0.4, 0.5) is 5.69 Å². The number of aromatic carboxylic acids is 1. The Morgan fingerprint density at radius 2 is 1.89 bits per heavy atom. The molecule has 0 spiro atoms. The number of hydrogen-bond donors (Lipinski definition) is 3. The monoisotopic (exact) mass is 392 g/mol. The first-order valence-electron chi connectivity index (χ1n) is 5.52. The van der Waals surface area contributed by atoms with Gasteiger partial charge >= 0.3 is 5.97 Å². The van der Waals surface area contributed by atoms with Gasteiger partial charge in [-0.25, -0.2) is 4.79 Å². The molecule has 5 nitrogen and oxygen atoms in total. The third-order valence-corrected chi connectivity index (χ3v) is 3.64. The van der Waals surface area contributed by atoms with Crippen LogP contribution < -0.4 is 11.1 Å². The molecule has 1 aromatic rings. The number of carboxylic acid groups (broad SMARTS) is 1. The van der Waals surface area contributed by atoms with E-state index in [0.29, 0.717) is 8.95 Å². The molecule has 1 aromatic carbocycles. The first kappa shape index (κ1) is 16.1. The van der Waals surface area contributed by atoms with Gasteiger partial charge in [-0.05, 0) is 34.0 Å². The molecule has 0 saturated heterocycles. The number of halogens is 2. The average molecular weight is 394 g/mol. The number of anilines is 1. The molecule has 4 N–H and O–H groups in total. The van der Waals surface area contributed by atoms with Gasteiger partial charge in [-0.3, -0.25) is 4.79 Å². The topological polar surface area (TPSA) is 92.4 Å². The molecule has 0 unspecified atom stereocenters. The molecular formula is C12H14Br2N2O3. The zero-order valence-electron chi connectivity index (χ0n) is 10.4. The Morgan fingerprint density at radius 3 is 2.37 bits per heavy atom. The fourth-order valence-corrected chi connectivity index (χ4v) is 2.70.